The Morgan fingerprint density at radius 1 is 0.857 bits per heavy atom. The summed E-state index contributed by atoms with van der Waals surface area (Å²) < 4.78 is 0. The number of amides is 3. The van der Waals surface area contributed by atoms with E-state index < -0.39 is 66.9 Å². The summed E-state index contributed by atoms with van der Waals surface area (Å²) in [5, 5.41) is 35.0. The van der Waals surface area contributed by atoms with Crippen LogP contribution in [0.15, 0.2) is 30.3 Å². The minimum Gasteiger partial charge on any atom is -0.481 e. The number of carboxylic acids is 2. The van der Waals surface area contributed by atoms with E-state index in [1.165, 1.54) is 0 Å². The number of carbonyl (C=O) groups is 5. The first-order valence-corrected chi connectivity index (χ1v) is 11.2. The molecular weight excluding hydrogens is 460 g/mol. The molecule has 4 unspecified atom stereocenters. The van der Waals surface area contributed by atoms with Crippen LogP contribution in [0.25, 0.3) is 0 Å². The quantitative estimate of drug-likeness (QED) is 0.159. The molecule has 0 saturated carbocycles. The van der Waals surface area contributed by atoms with E-state index in [4.69, 9.17) is 10.8 Å². The third kappa shape index (κ3) is 11.0. The third-order valence-corrected chi connectivity index (χ3v) is 5.05. The van der Waals surface area contributed by atoms with E-state index in [1.807, 2.05) is 13.8 Å². The Morgan fingerprint density at radius 2 is 1.40 bits per heavy atom. The summed E-state index contributed by atoms with van der Waals surface area (Å²) in [6, 6.07) is 3.42. The highest BCUT2D eigenvalue weighted by Gasteiger charge is 2.30. The van der Waals surface area contributed by atoms with Gasteiger partial charge in [-0.05, 0) is 24.3 Å². The first kappa shape index (κ1) is 29.5. The van der Waals surface area contributed by atoms with Crippen molar-refractivity contribution in [1.29, 1.82) is 0 Å². The zero-order valence-corrected chi connectivity index (χ0v) is 19.8. The number of nitrogens with one attached hydrogen (secondary N) is 3. The normalized spacial score (nSPS) is 14.3. The molecule has 0 bridgehead atoms. The smallest absolute Gasteiger partial charge is 0.326 e. The molecule has 3 amide bonds. The van der Waals surface area contributed by atoms with Gasteiger partial charge in [-0.25, -0.2) is 4.79 Å². The summed E-state index contributed by atoms with van der Waals surface area (Å²) >= 11 is 0. The molecule has 0 saturated heterocycles. The molecule has 12 heteroatoms. The fourth-order valence-electron chi connectivity index (χ4n) is 3.22. The van der Waals surface area contributed by atoms with Crippen molar-refractivity contribution in [3.8, 4) is 0 Å². The second kappa shape index (κ2) is 14.7. The molecule has 0 aliphatic rings. The summed E-state index contributed by atoms with van der Waals surface area (Å²) in [7, 11) is 0. The maximum absolute atomic E-state index is 12.8. The predicted octanol–water partition coefficient (Wildman–Crippen LogP) is -1.00. The van der Waals surface area contributed by atoms with Crippen LogP contribution in [0.2, 0.25) is 0 Å². The molecule has 194 valence electrons. The van der Waals surface area contributed by atoms with E-state index in [-0.39, 0.29) is 18.8 Å². The molecule has 0 aliphatic carbocycles. The summed E-state index contributed by atoms with van der Waals surface area (Å²) in [5.41, 5.74) is 6.43. The Labute approximate surface area is 203 Å². The first-order valence-electron chi connectivity index (χ1n) is 11.2. The predicted molar refractivity (Wildman–Crippen MR) is 125 cm³/mol. The summed E-state index contributed by atoms with van der Waals surface area (Å²) in [5.74, 6) is -4.97. The summed E-state index contributed by atoms with van der Waals surface area (Å²) in [6.07, 6.45) is -0.536. The maximum atomic E-state index is 12.8. The van der Waals surface area contributed by atoms with Crippen LogP contribution >= 0.6 is 0 Å². The molecule has 1 aromatic carbocycles. The van der Waals surface area contributed by atoms with Gasteiger partial charge in [-0.15, -0.1) is 0 Å². The number of hydrogen-bond donors (Lipinski definition) is 7. The Bertz CT molecular complexity index is 878. The molecule has 0 fully saturated rings. The van der Waals surface area contributed by atoms with Crippen LogP contribution in [0.1, 0.15) is 38.7 Å². The van der Waals surface area contributed by atoms with Crippen LogP contribution in [-0.2, 0) is 30.4 Å². The molecule has 8 N–H and O–H groups in total. The number of hydrogen-bond acceptors (Lipinski definition) is 7. The van der Waals surface area contributed by atoms with Crippen molar-refractivity contribution < 1.29 is 39.3 Å². The van der Waals surface area contributed by atoms with Crippen molar-refractivity contribution in [3.05, 3.63) is 35.9 Å². The lowest BCUT2D eigenvalue weighted by Gasteiger charge is -2.24. The van der Waals surface area contributed by atoms with Gasteiger partial charge in [0.2, 0.25) is 17.7 Å². The van der Waals surface area contributed by atoms with Crippen molar-refractivity contribution in [1.82, 2.24) is 16.0 Å². The van der Waals surface area contributed by atoms with Crippen molar-refractivity contribution in [2.75, 3.05) is 6.61 Å². The number of rotatable bonds is 15. The maximum Gasteiger partial charge on any atom is 0.326 e. The van der Waals surface area contributed by atoms with E-state index in [2.05, 4.69) is 16.0 Å². The van der Waals surface area contributed by atoms with Crippen LogP contribution in [0.3, 0.4) is 0 Å². The van der Waals surface area contributed by atoms with E-state index in [1.54, 1.807) is 30.3 Å². The van der Waals surface area contributed by atoms with Gasteiger partial charge in [0.05, 0.1) is 12.6 Å². The SMILES string of the molecule is CC(C)CC(N)C(=O)NC(CO)C(=O)NC(CCC(=O)O)C(=O)NC(Cc1ccccc1)C(=O)O. The zero-order chi connectivity index (χ0) is 26.5. The van der Waals surface area contributed by atoms with Gasteiger partial charge in [0.15, 0.2) is 0 Å². The van der Waals surface area contributed by atoms with Crippen molar-refractivity contribution in [2.45, 2.75) is 63.7 Å². The molecule has 0 aromatic heterocycles. The zero-order valence-electron chi connectivity index (χ0n) is 19.8. The second-order valence-corrected chi connectivity index (χ2v) is 8.56. The number of aliphatic hydroxyl groups excluding tert-OH is 1. The average molecular weight is 495 g/mol. The van der Waals surface area contributed by atoms with E-state index in [0.29, 0.717) is 12.0 Å². The number of nitrogens with two attached hydrogens (primary N) is 1. The van der Waals surface area contributed by atoms with Gasteiger partial charge in [-0.2, -0.15) is 0 Å². The van der Waals surface area contributed by atoms with Crippen LogP contribution in [0, 0.1) is 5.92 Å². The van der Waals surface area contributed by atoms with E-state index >= 15 is 0 Å². The van der Waals surface area contributed by atoms with E-state index in [9.17, 15) is 34.2 Å². The average Bonchev–Trinajstić information content (AvgIpc) is 2.79. The molecular formula is C23H34N4O8. The van der Waals surface area contributed by atoms with Crippen molar-refractivity contribution in [3.63, 3.8) is 0 Å². The van der Waals surface area contributed by atoms with Crippen molar-refractivity contribution >= 4 is 29.7 Å². The van der Waals surface area contributed by atoms with Crippen LogP contribution in [0.4, 0.5) is 0 Å². The highest BCUT2D eigenvalue weighted by molar-refractivity contribution is 5.94. The molecule has 0 radical (unpaired) electrons. The fraction of sp³-hybridized carbons (Fsp3) is 0.522. The highest BCUT2D eigenvalue weighted by atomic mass is 16.4. The standard InChI is InChI=1S/C23H34N4O8/c1-13(2)10-15(24)20(31)27-18(12-28)22(33)25-16(8-9-19(29)30)21(32)26-17(23(34)35)11-14-6-4-3-5-7-14/h3-7,13,15-18,28H,8-12,24H2,1-2H3,(H,25,33)(H,26,32)(H,27,31)(H,29,30)(H,34,35). The third-order valence-electron chi connectivity index (χ3n) is 5.05. The van der Waals surface area contributed by atoms with Crippen LogP contribution in [-0.4, -0.2) is 75.8 Å². The first-order chi connectivity index (χ1) is 16.4. The molecule has 35 heavy (non-hydrogen) atoms. The number of carbonyl (C=O) groups excluding carboxylic acids is 3. The number of carboxylic acid groups (broad SMARTS) is 2. The second-order valence-electron chi connectivity index (χ2n) is 8.56. The van der Waals surface area contributed by atoms with Gasteiger partial charge in [-0.1, -0.05) is 44.2 Å². The lowest BCUT2D eigenvalue weighted by molar-refractivity contribution is -0.143. The topological polar surface area (TPSA) is 208 Å². The Kier molecular flexibility index (Phi) is 12.4. The molecule has 1 rings (SSSR count). The minimum absolute atomic E-state index is 0.0371. The molecule has 0 heterocycles. The van der Waals surface area contributed by atoms with E-state index in [0.717, 1.165) is 0 Å². The molecule has 4 atom stereocenters. The molecule has 12 nitrogen and oxygen atoms in total. The molecule has 0 aliphatic heterocycles. The lowest BCUT2D eigenvalue weighted by atomic mass is 10.0. The molecule has 1 aromatic rings. The monoisotopic (exact) mass is 494 g/mol. The van der Waals surface area contributed by atoms with Gasteiger partial charge < -0.3 is 37.0 Å². The Balaban J connectivity index is 2.92. The highest BCUT2D eigenvalue weighted by Crippen LogP contribution is 2.07. The Hall–Kier alpha value is -3.51. The van der Waals surface area contributed by atoms with Gasteiger partial charge in [0, 0.05) is 12.8 Å². The van der Waals surface area contributed by atoms with Gasteiger partial charge >= 0.3 is 11.9 Å². The minimum atomic E-state index is -1.44. The van der Waals surface area contributed by atoms with Gasteiger partial charge in [0.25, 0.3) is 0 Å². The largest absolute Gasteiger partial charge is 0.481 e. The summed E-state index contributed by atoms with van der Waals surface area (Å²) in [4.78, 5) is 60.4. The lowest BCUT2D eigenvalue weighted by Crippen LogP contribution is -2.58. The summed E-state index contributed by atoms with van der Waals surface area (Å²) in [6.45, 7) is 2.92. The fourth-order valence-corrected chi connectivity index (χ4v) is 3.22. The van der Waals surface area contributed by atoms with Gasteiger partial charge in [0.1, 0.15) is 18.1 Å². The number of aliphatic carboxylic acids is 2. The van der Waals surface area contributed by atoms with Crippen molar-refractivity contribution in [2.24, 2.45) is 11.7 Å². The van der Waals surface area contributed by atoms with Crippen LogP contribution < -0.4 is 21.7 Å². The van der Waals surface area contributed by atoms with Crippen LogP contribution in [0.5, 0.6) is 0 Å². The number of benzene rings is 1. The van der Waals surface area contributed by atoms with Gasteiger partial charge in [-0.3, -0.25) is 19.2 Å². The number of aliphatic hydroxyl groups is 1. The molecule has 0 spiro atoms. The Morgan fingerprint density at radius 3 is 1.91 bits per heavy atom.